The van der Waals surface area contributed by atoms with E-state index in [4.69, 9.17) is 5.73 Å². The molecule has 3 N–H and O–H groups in total. The topological polar surface area (TPSA) is 82.9 Å². The number of piperazine rings is 1. The summed E-state index contributed by atoms with van der Waals surface area (Å²) in [6, 6.07) is 2.18. The van der Waals surface area contributed by atoms with Crippen LogP contribution in [-0.2, 0) is 5.54 Å². The van der Waals surface area contributed by atoms with E-state index in [1.165, 1.54) is 0 Å². The lowest BCUT2D eigenvalue weighted by Crippen LogP contribution is -2.44. The first-order valence-corrected chi connectivity index (χ1v) is 6.20. The normalized spacial score (nSPS) is 16.7. The van der Waals surface area contributed by atoms with Crippen LogP contribution >= 0.6 is 0 Å². The van der Waals surface area contributed by atoms with Crippen LogP contribution in [0.4, 0.5) is 11.6 Å². The summed E-state index contributed by atoms with van der Waals surface area (Å²) in [5.74, 6) is 1.17. The Labute approximate surface area is 107 Å². The lowest BCUT2D eigenvalue weighted by Gasteiger charge is -2.27. The van der Waals surface area contributed by atoms with Crippen molar-refractivity contribution in [2.24, 2.45) is 0 Å². The van der Waals surface area contributed by atoms with Gasteiger partial charge in [0.2, 0.25) is 0 Å². The molecule has 0 bridgehead atoms. The summed E-state index contributed by atoms with van der Waals surface area (Å²) in [6.07, 6.45) is 0. The molecule has 0 atom stereocenters. The Morgan fingerprint density at radius 1 is 1.33 bits per heavy atom. The van der Waals surface area contributed by atoms with Gasteiger partial charge in [0.15, 0.2) is 5.82 Å². The number of nitrogens with two attached hydrogens (primary N) is 1. The third-order valence-corrected chi connectivity index (χ3v) is 3.07. The van der Waals surface area contributed by atoms with E-state index in [0.29, 0.717) is 17.2 Å². The molecule has 0 spiro atoms. The van der Waals surface area contributed by atoms with Crippen molar-refractivity contribution in [2.75, 3.05) is 36.8 Å². The molecule has 0 aromatic carbocycles. The second-order valence-corrected chi connectivity index (χ2v) is 5.52. The van der Waals surface area contributed by atoms with Crippen LogP contribution in [0.5, 0.6) is 0 Å². The Balaban J connectivity index is 2.44. The van der Waals surface area contributed by atoms with Crippen LogP contribution in [0, 0.1) is 11.3 Å². The molecule has 0 unspecified atom stereocenters. The van der Waals surface area contributed by atoms with E-state index in [-0.39, 0.29) is 5.54 Å². The maximum Gasteiger partial charge on any atom is 0.171 e. The Morgan fingerprint density at radius 3 is 2.44 bits per heavy atom. The van der Waals surface area contributed by atoms with Gasteiger partial charge in [-0.15, -0.1) is 0 Å². The third kappa shape index (κ3) is 2.14. The molecule has 1 fully saturated rings. The highest BCUT2D eigenvalue weighted by Crippen LogP contribution is 2.29. The van der Waals surface area contributed by atoms with Gasteiger partial charge in [0.05, 0.1) is 5.54 Å². The van der Waals surface area contributed by atoms with E-state index in [9.17, 15) is 5.26 Å². The minimum absolute atomic E-state index is 0.220. The molecule has 98 valence electrons. The van der Waals surface area contributed by atoms with Crippen LogP contribution in [0.25, 0.3) is 0 Å². The average molecular weight is 248 g/mol. The smallest absolute Gasteiger partial charge is 0.171 e. The van der Waals surface area contributed by atoms with E-state index < -0.39 is 0 Å². The van der Waals surface area contributed by atoms with Crippen LogP contribution in [0.2, 0.25) is 0 Å². The number of hydrogen-bond acceptors (Lipinski definition) is 5. The maximum absolute atomic E-state index is 9.28. The summed E-state index contributed by atoms with van der Waals surface area (Å²) >= 11 is 0. The molecule has 0 saturated carbocycles. The molecule has 6 nitrogen and oxygen atoms in total. The van der Waals surface area contributed by atoms with Crippen molar-refractivity contribution >= 4 is 11.6 Å². The summed E-state index contributed by atoms with van der Waals surface area (Å²) in [4.78, 5) is 2.12. The molecule has 0 amide bonds. The number of nitriles is 1. The quantitative estimate of drug-likeness (QED) is 0.756. The minimum atomic E-state index is -0.220. The van der Waals surface area contributed by atoms with Gasteiger partial charge in [0, 0.05) is 26.2 Å². The Bertz CT molecular complexity index is 470. The van der Waals surface area contributed by atoms with Gasteiger partial charge in [-0.05, 0) is 20.8 Å². The highest BCUT2D eigenvalue weighted by atomic mass is 15.4. The SMILES string of the molecule is CC(C)(C)n1nc(N2CCNCC2)c(C#N)c1N. The first-order valence-electron chi connectivity index (χ1n) is 6.20. The third-order valence-electron chi connectivity index (χ3n) is 3.07. The molecular weight excluding hydrogens is 228 g/mol. The minimum Gasteiger partial charge on any atom is -0.383 e. The van der Waals surface area contributed by atoms with Gasteiger partial charge in [-0.25, -0.2) is 4.68 Å². The fraction of sp³-hybridized carbons (Fsp3) is 0.667. The van der Waals surface area contributed by atoms with E-state index in [0.717, 1.165) is 26.2 Å². The first-order chi connectivity index (χ1) is 8.45. The van der Waals surface area contributed by atoms with Gasteiger partial charge in [-0.3, -0.25) is 0 Å². The van der Waals surface area contributed by atoms with Gasteiger partial charge in [-0.1, -0.05) is 0 Å². The van der Waals surface area contributed by atoms with Crippen molar-refractivity contribution in [1.82, 2.24) is 15.1 Å². The zero-order valence-corrected chi connectivity index (χ0v) is 11.2. The molecule has 1 aromatic heterocycles. The van der Waals surface area contributed by atoms with Gasteiger partial charge in [0.25, 0.3) is 0 Å². The number of aromatic nitrogens is 2. The highest BCUT2D eigenvalue weighted by Gasteiger charge is 2.26. The van der Waals surface area contributed by atoms with Crippen molar-refractivity contribution in [2.45, 2.75) is 26.3 Å². The maximum atomic E-state index is 9.28. The lowest BCUT2D eigenvalue weighted by atomic mass is 10.1. The first kappa shape index (κ1) is 12.7. The van der Waals surface area contributed by atoms with Gasteiger partial charge in [0.1, 0.15) is 17.5 Å². The van der Waals surface area contributed by atoms with Crippen molar-refractivity contribution in [1.29, 1.82) is 5.26 Å². The monoisotopic (exact) mass is 248 g/mol. The van der Waals surface area contributed by atoms with Crippen molar-refractivity contribution in [3.8, 4) is 6.07 Å². The fourth-order valence-electron chi connectivity index (χ4n) is 2.14. The molecule has 0 radical (unpaired) electrons. The second-order valence-electron chi connectivity index (χ2n) is 5.52. The van der Waals surface area contributed by atoms with Crippen molar-refractivity contribution < 1.29 is 0 Å². The Kier molecular flexibility index (Phi) is 3.18. The van der Waals surface area contributed by atoms with Gasteiger partial charge in [-0.2, -0.15) is 10.4 Å². The number of nitrogen functional groups attached to an aromatic ring is 1. The molecule has 2 rings (SSSR count). The van der Waals surface area contributed by atoms with Crippen LogP contribution in [0.3, 0.4) is 0 Å². The number of rotatable bonds is 1. The summed E-state index contributed by atoms with van der Waals surface area (Å²) < 4.78 is 1.74. The van der Waals surface area contributed by atoms with Crippen LogP contribution in [0.1, 0.15) is 26.3 Å². The number of nitrogens with one attached hydrogen (secondary N) is 1. The van der Waals surface area contributed by atoms with E-state index in [1.807, 2.05) is 20.8 Å². The predicted molar refractivity (Wildman–Crippen MR) is 71.4 cm³/mol. The molecular formula is C12H20N6. The zero-order valence-electron chi connectivity index (χ0n) is 11.2. The molecule has 1 saturated heterocycles. The van der Waals surface area contributed by atoms with Crippen molar-refractivity contribution in [3.63, 3.8) is 0 Å². The van der Waals surface area contributed by atoms with Crippen molar-refractivity contribution in [3.05, 3.63) is 5.56 Å². The lowest BCUT2D eigenvalue weighted by molar-refractivity contribution is 0.361. The van der Waals surface area contributed by atoms with Gasteiger partial charge < -0.3 is 16.0 Å². The molecule has 1 aromatic rings. The van der Waals surface area contributed by atoms with E-state index in [2.05, 4.69) is 21.4 Å². The zero-order chi connectivity index (χ0) is 13.3. The van der Waals surface area contributed by atoms with Crippen LogP contribution in [-0.4, -0.2) is 36.0 Å². The average Bonchev–Trinajstić information content (AvgIpc) is 2.67. The molecule has 6 heteroatoms. The molecule has 1 aliphatic heterocycles. The number of hydrogen-bond donors (Lipinski definition) is 2. The van der Waals surface area contributed by atoms with Crippen LogP contribution < -0.4 is 16.0 Å². The summed E-state index contributed by atoms with van der Waals surface area (Å²) in [5.41, 5.74) is 6.32. The molecule has 2 heterocycles. The Hall–Kier alpha value is -1.74. The largest absolute Gasteiger partial charge is 0.383 e. The Morgan fingerprint density at radius 2 is 1.94 bits per heavy atom. The molecule has 1 aliphatic rings. The number of nitrogens with zero attached hydrogens (tertiary/aromatic N) is 4. The highest BCUT2D eigenvalue weighted by molar-refractivity contribution is 5.65. The summed E-state index contributed by atoms with van der Waals surface area (Å²) in [5, 5.41) is 17.1. The summed E-state index contributed by atoms with van der Waals surface area (Å²) in [7, 11) is 0. The number of anilines is 2. The summed E-state index contributed by atoms with van der Waals surface area (Å²) in [6.45, 7) is 9.61. The van der Waals surface area contributed by atoms with E-state index >= 15 is 0 Å². The predicted octanol–water partition coefficient (Wildman–Crippen LogP) is 0.502. The van der Waals surface area contributed by atoms with Crippen LogP contribution in [0.15, 0.2) is 0 Å². The van der Waals surface area contributed by atoms with E-state index in [1.54, 1.807) is 4.68 Å². The fourth-order valence-corrected chi connectivity index (χ4v) is 2.14. The molecule has 18 heavy (non-hydrogen) atoms. The van der Waals surface area contributed by atoms with Gasteiger partial charge >= 0.3 is 0 Å². The molecule has 0 aliphatic carbocycles. The second kappa shape index (κ2) is 4.50. The standard InChI is InChI=1S/C12H20N6/c1-12(2,3)18-10(14)9(8-13)11(16-18)17-6-4-15-5-7-17/h15H,4-7,14H2,1-3H3.